The van der Waals surface area contributed by atoms with Gasteiger partial charge in [-0.15, -0.1) is 0 Å². The summed E-state index contributed by atoms with van der Waals surface area (Å²) in [7, 11) is 0. The largest absolute Gasteiger partial charge is 0.455 e. The number of nitrogens with one attached hydrogen (secondary N) is 1. The zero-order chi connectivity index (χ0) is 21.0. The van der Waals surface area contributed by atoms with E-state index in [1.807, 2.05) is 19.1 Å². The number of hydrogen-bond donors (Lipinski definition) is 1. The van der Waals surface area contributed by atoms with E-state index in [-0.39, 0.29) is 24.6 Å². The second-order valence-corrected chi connectivity index (χ2v) is 6.65. The molecule has 1 saturated heterocycles. The number of amides is 2. The standard InChI is InChI=1S/C20H19N3O6/c1-13-4-2-3-5-17(13)21-18(24)12-29-20(26)14-10-19(25)22(11-14)15-6-8-16(9-7-15)23(27)28/h2-9,14H,10-12H2,1H3,(H,21,24)/t14-/m0/s1. The SMILES string of the molecule is Cc1ccccc1NC(=O)COC(=O)[C@H]1CC(=O)N(c2ccc([N+](=O)[O-])cc2)C1. The molecular weight excluding hydrogens is 378 g/mol. The number of nitro benzene ring substituents is 1. The third-order valence-electron chi connectivity index (χ3n) is 4.60. The van der Waals surface area contributed by atoms with Gasteiger partial charge in [0.15, 0.2) is 6.61 Å². The Balaban J connectivity index is 1.54. The summed E-state index contributed by atoms with van der Waals surface area (Å²) in [5.74, 6) is -2.10. The molecule has 9 nitrogen and oxygen atoms in total. The lowest BCUT2D eigenvalue weighted by Crippen LogP contribution is -2.28. The van der Waals surface area contributed by atoms with Crippen LogP contribution in [0.2, 0.25) is 0 Å². The van der Waals surface area contributed by atoms with E-state index in [1.165, 1.54) is 29.2 Å². The van der Waals surface area contributed by atoms with Gasteiger partial charge in [0.1, 0.15) is 0 Å². The molecule has 0 aliphatic carbocycles. The number of rotatable bonds is 6. The number of non-ortho nitro benzene ring substituents is 1. The number of aryl methyl sites for hydroxylation is 1. The molecule has 150 valence electrons. The number of nitro groups is 1. The fraction of sp³-hybridized carbons (Fsp3) is 0.250. The molecule has 1 aliphatic rings. The van der Waals surface area contributed by atoms with Crippen LogP contribution in [0.3, 0.4) is 0 Å². The molecule has 2 aromatic carbocycles. The Morgan fingerprint density at radius 2 is 1.90 bits per heavy atom. The first-order valence-electron chi connectivity index (χ1n) is 8.92. The molecule has 0 aromatic heterocycles. The molecular formula is C20H19N3O6. The number of carbonyl (C=O) groups is 3. The highest BCUT2D eigenvalue weighted by molar-refractivity contribution is 6.00. The Morgan fingerprint density at radius 1 is 1.21 bits per heavy atom. The number of ether oxygens (including phenoxy) is 1. The van der Waals surface area contributed by atoms with Gasteiger partial charge in [-0.1, -0.05) is 18.2 Å². The number of nitrogens with zero attached hydrogens (tertiary/aromatic N) is 2. The number of anilines is 2. The molecule has 3 rings (SSSR count). The average molecular weight is 397 g/mol. The lowest BCUT2D eigenvalue weighted by molar-refractivity contribution is -0.384. The Labute approximate surface area is 166 Å². The molecule has 1 N–H and O–H groups in total. The first kappa shape index (κ1) is 20.0. The number of carbonyl (C=O) groups excluding carboxylic acids is 3. The Kier molecular flexibility index (Phi) is 5.87. The zero-order valence-corrected chi connectivity index (χ0v) is 15.7. The van der Waals surface area contributed by atoms with Crippen LogP contribution in [-0.2, 0) is 19.1 Å². The van der Waals surface area contributed by atoms with Crippen molar-refractivity contribution in [2.24, 2.45) is 5.92 Å². The van der Waals surface area contributed by atoms with E-state index in [0.717, 1.165) is 5.56 Å². The van der Waals surface area contributed by atoms with E-state index in [0.29, 0.717) is 11.4 Å². The highest BCUT2D eigenvalue weighted by Crippen LogP contribution is 2.27. The van der Waals surface area contributed by atoms with Crippen molar-refractivity contribution >= 4 is 34.8 Å². The van der Waals surface area contributed by atoms with E-state index in [2.05, 4.69) is 5.32 Å². The van der Waals surface area contributed by atoms with Gasteiger partial charge in [0.2, 0.25) is 5.91 Å². The van der Waals surface area contributed by atoms with Gasteiger partial charge in [0.05, 0.1) is 10.8 Å². The smallest absolute Gasteiger partial charge is 0.311 e. The topological polar surface area (TPSA) is 119 Å². The maximum absolute atomic E-state index is 12.3. The third-order valence-corrected chi connectivity index (χ3v) is 4.60. The van der Waals surface area contributed by atoms with Crippen LogP contribution in [-0.4, -0.2) is 35.9 Å². The van der Waals surface area contributed by atoms with Gasteiger partial charge in [-0.05, 0) is 30.7 Å². The maximum Gasteiger partial charge on any atom is 0.311 e. The summed E-state index contributed by atoms with van der Waals surface area (Å²) in [6.07, 6.45) is -0.0464. The molecule has 9 heteroatoms. The molecule has 1 atom stereocenters. The first-order chi connectivity index (χ1) is 13.8. The molecule has 1 aliphatic heterocycles. The highest BCUT2D eigenvalue weighted by Gasteiger charge is 2.36. The van der Waals surface area contributed by atoms with Gasteiger partial charge in [-0.3, -0.25) is 24.5 Å². The molecule has 0 saturated carbocycles. The van der Waals surface area contributed by atoms with Crippen molar-refractivity contribution in [3.05, 3.63) is 64.2 Å². The molecule has 0 bridgehead atoms. The van der Waals surface area contributed by atoms with Crippen LogP contribution in [0, 0.1) is 23.0 Å². The van der Waals surface area contributed by atoms with Crippen LogP contribution < -0.4 is 10.2 Å². The monoisotopic (exact) mass is 397 g/mol. The van der Waals surface area contributed by atoms with E-state index in [4.69, 9.17) is 4.74 Å². The van der Waals surface area contributed by atoms with Crippen molar-refractivity contribution < 1.29 is 24.0 Å². The van der Waals surface area contributed by atoms with Crippen LogP contribution in [0.1, 0.15) is 12.0 Å². The molecule has 2 aromatic rings. The van der Waals surface area contributed by atoms with Crippen LogP contribution in [0.15, 0.2) is 48.5 Å². The third kappa shape index (κ3) is 4.75. The summed E-state index contributed by atoms with van der Waals surface area (Å²) in [5.41, 5.74) is 1.89. The highest BCUT2D eigenvalue weighted by atomic mass is 16.6. The van der Waals surface area contributed by atoms with Gasteiger partial charge >= 0.3 is 5.97 Å². The second kappa shape index (κ2) is 8.51. The Hall–Kier alpha value is -3.75. The summed E-state index contributed by atoms with van der Waals surface area (Å²) in [5, 5.41) is 13.4. The quantitative estimate of drug-likeness (QED) is 0.454. The molecule has 0 unspecified atom stereocenters. The molecule has 1 fully saturated rings. The van der Waals surface area contributed by atoms with Crippen LogP contribution in [0.5, 0.6) is 0 Å². The summed E-state index contributed by atoms with van der Waals surface area (Å²) >= 11 is 0. The molecule has 0 radical (unpaired) electrons. The van der Waals surface area contributed by atoms with E-state index in [9.17, 15) is 24.5 Å². The Bertz CT molecular complexity index is 957. The van der Waals surface area contributed by atoms with E-state index in [1.54, 1.807) is 12.1 Å². The van der Waals surface area contributed by atoms with Crippen LogP contribution in [0.25, 0.3) is 0 Å². The zero-order valence-electron chi connectivity index (χ0n) is 15.7. The molecule has 2 amide bonds. The first-order valence-corrected chi connectivity index (χ1v) is 8.92. The van der Waals surface area contributed by atoms with Crippen molar-refractivity contribution in [2.75, 3.05) is 23.4 Å². The van der Waals surface area contributed by atoms with E-state index >= 15 is 0 Å². The fourth-order valence-corrected chi connectivity index (χ4v) is 3.02. The van der Waals surface area contributed by atoms with Crippen molar-refractivity contribution in [1.82, 2.24) is 0 Å². The lowest BCUT2D eigenvalue weighted by atomic mass is 10.1. The molecule has 29 heavy (non-hydrogen) atoms. The number of esters is 1. The maximum atomic E-state index is 12.3. The van der Waals surface area contributed by atoms with Crippen LogP contribution >= 0.6 is 0 Å². The fourth-order valence-electron chi connectivity index (χ4n) is 3.02. The van der Waals surface area contributed by atoms with Gasteiger partial charge < -0.3 is 15.0 Å². The number of para-hydroxylation sites is 1. The molecule has 1 heterocycles. The van der Waals surface area contributed by atoms with Crippen molar-refractivity contribution in [3.8, 4) is 0 Å². The predicted octanol–water partition coefficient (Wildman–Crippen LogP) is 2.44. The van der Waals surface area contributed by atoms with Gasteiger partial charge in [-0.25, -0.2) is 0 Å². The van der Waals surface area contributed by atoms with Gasteiger partial charge in [0, 0.05) is 36.5 Å². The van der Waals surface area contributed by atoms with Crippen molar-refractivity contribution in [1.29, 1.82) is 0 Å². The second-order valence-electron chi connectivity index (χ2n) is 6.65. The minimum Gasteiger partial charge on any atom is -0.455 e. The van der Waals surface area contributed by atoms with Gasteiger partial charge in [-0.2, -0.15) is 0 Å². The average Bonchev–Trinajstić information content (AvgIpc) is 3.09. The Morgan fingerprint density at radius 3 is 2.55 bits per heavy atom. The predicted molar refractivity (Wildman–Crippen MR) is 104 cm³/mol. The summed E-state index contributed by atoms with van der Waals surface area (Å²) in [4.78, 5) is 48.1. The normalized spacial score (nSPS) is 15.8. The summed E-state index contributed by atoms with van der Waals surface area (Å²) < 4.78 is 5.06. The number of hydrogen-bond acceptors (Lipinski definition) is 6. The van der Waals surface area contributed by atoms with Gasteiger partial charge in [0.25, 0.3) is 11.6 Å². The van der Waals surface area contributed by atoms with Crippen molar-refractivity contribution in [3.63, 3.8) is 0 Å². The van der Waals surface area contributed by atoms with Crippen LogP contribution in [0.4, 0.5) is 17.1 Å². The summed E-state index contributed by atoms with van der Waals surface area (Å²) in [6, 6.07) is 12.7. The minimum absolute atomic E-state index is 0.0464. The van der Waals surface area contributed by atoms with E-state index < -0.39 is 29.3 Å². The molecule has 0 spiro atoms. The number of benzene rings is 2. The lowest BCUT2D eigenvalue weighted by Gasteiger charge is -2.16. The minimum atomic E-state index is -0.705. The summed E-state index contributed by atoms with van der Waals surface area (Å²) in [6.45, 7) is 1.49. The van der Waals surface area contributed by atoms with Crippen molar-refractivity contribution in [2.45, 2.75) is 13.3 Å².